The molecule has 0 bridgehead atoms. The van der Waals surface area contributed by atoms with Gasteiger partial charge in [0.2, 0.25) is 0 Å². The van der Waals surface area contributed by atoms with Gasteiger partial charge in [0.1, 0.15) is 0 Å². The molecule has 0 atom stereocenters. The van der Waals surface area contributed by atoms with Crippen LogP contribution >= 0.6 is 0 Å². The molecule has 35 heavy (non-hydrogen) atoms. The molecule has 204 valence electrons. The van der Waals surface area contributed by atoms with Crippen LogP contribution < -0.4 is 0 Å². The Hall–Kier alpha value is -1.90. The summed E-state index contributed by atoms with van der Waals surface area (Å²) in [6.07, 6.45) is 0. The third-order valence-corrected chi connectivity index (χ3v) is 5.07. The first kappa shape index (κ1) is 31.1. The summed E-state index contributed by atoms with van der Waals surface area (Å²) >= 11 is 0. The molecule has 16 heteroatoms. The highest BCUT2D eigenvalue weighted by Gasteiger charge is 2.89. The molecule has 0 aliphatic carbocycles. The molecule has 0 fully saturated rings. The number of alkyl halides is 16. The van der Waals surface area contributed by atoms with E-state index >= 15 is 0 Å². The zero-order valence-electron chi connectivity index (χ0n) is 17.9. The summed E-state index contributed by atoms with van der Waals surface area (Å²) < 4.78 is 219. The van der Waals surface area contributed by atoms with Gasteiger partial charge in [-0.3, -0.25) is 0 Å². The van der Waals surface area contributed by atoms with Crippen molar-refractivity contribution in [3.05, 3.63) is 35.4 Å². The van der Waals surface area contributed by atoms with Crippen LogP contribution in [0.25, 0.3) is 0 Å². The van der Waals surface area contributed by atoms with Gasteiger partial charge in [-0.05, 0) is 0 Å². The maximum atomic E-state index is 14.2. The molecule has 0 amide bonds. The Kier molecular flexibility index (Phi) is 7.16. The van der Waals surface area contributed by atoms with Crippen LogP contribution in [0.1, 0.15) is 38.8 Å². The fourth-order valence-corrected chi connectivity index (χ4v) is 2.59. The maximum absolute atomic E-state index is 14.2. The molecule has 1 aromatic carbocycles. The smallest absolute Gasteiger partial charge is 0.200 e. The van der Waals surface area contributed by atoms with Crippen LogP contribution in [0.15, 0.2) is 24.3 Å². The molecular weight excluding hydrogens is 532 g/mol. The average molecular weight is 548 g/mol. The van der Waals surface area contributed by atoms with Crippen LogP contribution in [0.5, 0.6) is 0 Å². The zero-order valence-corrected chi connectivity index (χ0v) is 17.9. The Morgan fingerprint density at radius 3 is 0.886 bits per heavy atom. The summed E-state index contributed by atoms with van der Waals surface area (Å²) in [6, 6.07) is -1.72. The molecular formula is C19H16F16. The molecule has 0 spiro atoms. The molecule has 0 unspecified atom stereocenters. The first-order chi connectivity index (χ1) is 15.0. The van der Waals surface area contributed by atoms with Crippen molar-refractivity contribution in [1.29, 1.82) is 0 Å². The van der Waals surface area contributed by atoms with E-state index in [0.29, 0.717) is 20.8 Å². The summed E-state index contributed by atoms with van der Waals surface area (Å²) in [5.74, 6) is -53.1. The molecule has 1 rings (SSSR count). The predicted molar refractivity (Wildman–Crippen MR) is 89.0 cm³/mol. The lowest BCUT2D eigenvalue weighted by Crippen LogP contribution is -2.69. The summed E-state index contributed by atoms with van der Waals surface area (Å²) in [6.45, 7) is 0.908. The maximum Gasteiger partial charge on any atom is 0.385 e. The minimum absolute atomic E-state index is 0.329. The normalized spacial score (nSPS) is 16.0. The van der Waals surface area contributed by atoms with Crippen molar-refractivity contribution in [2.75, 3.05) is 0 Å². The Bertz CT molecular complexity index is 900. The van der Waals surface area contributed by atoms with Gasteiger partial charge in [-0.25, -0.2) is 0 Å². The van der Waals surface area contributed by atoms with Crippen LogP contribution in [0.4, 0.5) is 70.2 Å². The van der Waals surface area contributed by atoms with Gasteiger partial charge in [0, 0.05) is 23.5 Å². The molecule has 0 heterocycles. The Balaban J connectivity index is 3.59. The van der Waals surface area contributed by atoms with Crippen molar-refractivity contribution >= 4 is 0 Å². The lowest BCUT2D eigenvalue weighted by molar-refractivity contribution is -0.425. The Labute approximate surface area is 187 Å². The molecule has 0 aliphatic heterocycles. The topological polar surface area (TPSA) is 0 Å². The van der Waals surface area contributed by atoms with Gasteiger partial charge in [-0.2, -0.15) is 70.2 Å². The monoisotopic (exact) mass is 548 g/mol. The van der Waals surface area contributed by atoms with Gasteiger partial charge in [0.25, 0.3) is 0 Å². The number of hydrogen-bond donors (Lipinski definition) is 0. The van der Waals surface area contributed by atoms with Gasteiger partial charge < -0.3 is 0 Å². The van der Waals surface area contributed by atoms with Crippen LogP contribution in [0.3, 0.4) is 0 Å². The van der Waals surface area contributed by atoms with E-state index in [4.69, 9.17) is 0 Å². The first-order valence-electron chi connectivity index (χ1n) is 9.10. The Morgan fingerprint density at radius 2 is 0.629 bits per heavy atom. The van der Waals surface area contributed by atoms with E-state index in [9.17, 15) is 70.2 Å². The fourth-order valence-electron chi connectivity index (χ4n) is 2.59. The third kappa shape index (κ3) is 4.21. The van der Waals surface area contributed by atoms with Gasteiger partial charge >= 0.3 is 47.4 Å². The standard InChI is InChI=1S/C19H16F16/c1-11(2,3)15(26,27)13(22,23)9-5-7-10(8-6-9)14(24,25)17(30,31)19(34,35)18(32,33)16(28,29)12(4,20)21/h5-8H,1-4H3. The predicted octanol–water partition coefficient (Wildman–Crippen LogP) is 8.75. The molecule has 1 aromatic rings. The van der Waals surface area contributed by atoms with E-state index in [1.54, 1.807) is 0 Å². The quantitative estimate of drug-likeness (QED) is 0.285. The van der Waals surface area contributed by atoms with Gasteiger partial charge in [-0.15, -0.1) is 0 Å². The van der Waals surface area contributed by atoms with Crippen molar-refractivity contribution < 1.29 is 70.2 Å². The molecule has 0 N–H and O–H groups in total. The lowest BCUT2D eigenvalue weighted by Gasteiger charge is -2.41. The summed E-state index contributed by atoms with van der Waals surface area (Å²) in [5, 5.41) is 0. The molecule has 0 aliphatic rings. The average Bonchev–Trinajstić information content (AvgIpc) is 2.65. The highest BCUT2D eigenvalue weighted by Crippen LogP contribution is 2.62. The molecule has 0 nitrogen and oxygen atoms in total. The SMILES string of the molecule is CC(C)(C)C(F)(F)C(F)(F)c1ccc(C(F)(F)C(F)(F)C(F)(F)C(F)(F)C(F)(F)C(C)(F)F)cc1. The minimum Gasteiger partial charge on any atom is -0.200 e. The summed E-state index contributed by atoms with van der Waals surface area (Å²) in [5.41, 5.74) is -6.70. The number of hydrogen-bond acceptors (Lipinski definition) is 0. The van der Waals surface area contributed by atoms with Crippen molar-refractivity contribution in [3.8, 4) is 0 Å². The van der Waals surface area contributed by atoms with Gasteiger partial charge in [0.05, 0.1) is 0 Å². The number of halogens is 16. The summed E-state index contributed by atoms with van der Waals surface area (Å²) in [4.78, 5) is 0. The second kappa shape index (κ2) is 8.05. The summed E-state index contributed by atoms with van der Waals surface area (Å²) in [7, 11) is 0. The second-order valence-corrected chi connectivity index (χ2v) is 8.74. The highest BCUT2D eigenvalue weighted by molar-refractivity contribution is 5.32. The van der Waals surface area contributed by atoms with Crippen molar-refractivity contribution in [1.82, 2.24) is 0 Å². The lowest BCUT2D eigenvalue weighted by atomic mass is 9.81. The minimum atomic E-state index is -7.84. The van der Waals surface area contributed by atoms with Gasteiger partial charge in [0.15, 0.2) is 0 Å². The van der Waals surface area contributed by atoms with Crippen LogP contribution in [0, 0.1) is 5.41 Å². The van der Waals surface area contributed by atoms with Crippen LogP contribution in [0.2, 0.25) is 0 Å². The fraction of sp³-hybridized carbons (Fsp3) is 0.684. The number of rotatable bonds is 8. The van der Waals surface area contributed by atoms with E-state index < -0.39 is 83.0 Å². The first-order valence-corrected chi connectivity index (χ1v) is 9.10. The van der Waals surface area contributed by atoms with E-state index in [2.05, 4.69) is 0 Å². The van der Waals surface area contributed by atoms with Crippen molar-refractivity contribution in [2.24, 2.45) is 5.41 Å². The van der Waals surface area contributed by atoms with E-state index in [1.165, 1.54) is 0 Å². The van der Waals surface area contributed by atoms with Crippen LogP contribution in [-0.2, 0) is 11.8 Å². The molecule has 0 radical (unpaired) electrons. The van der Waals surface area contributed by atoms with E-state index in [0.717, 1.165) is 0 Å². The highest BCUT2D eigenvalue weighted by atomic mass is 19.4. The van der Waals surface area contributed by atoms with E-state index in [-0.39, 0.29) is 12.1 Å². The second-order valence-electron chi connectivity index (χ2n) is 8.74. The molecule has 0 saturated heterocycles. The van der Waals surface area contributed by atoms with E-state index in [1.807, 2.05) is 0 Å². The van der Waals surface area contributed by atoms with Crippen molar-refractivity contribution in [2.45, 2.75) is 75.1 Å². The van der Waals surface area contributed by atoms with Gasteiger partial charge in [-0.1, -0.05) is 45.0 Å². The third-order valence-electron chi connectivity index (χ3n) is 5.07. The number of benzene rings is 1. The molecule has 0 saturated carbocycles. The van der Waals surface area contributed by atoms with Crippen molar-refractivity contribution in [3.63, 3.8) is 0 Å². The Morgan fingerprint density at radius 1 is 0.371 bits per heavy atom. The molecule has 0 aromatic heterocycles. The van der Waals surface area contributed by atoms with Crippen LogP contribution in [-0.4, -0.2) is 35.5 Å². The largest absolute Gasteiger partial charge is 0.385 e. The zero-order chi connectivity index (χ0) is 28.5.